The molecule has 0 radical (unpaired) electrons. The molecule has 3 aromatic rings. The maximum absolute atomic E-state index is 13.1. The number of carbonyl (C=O) groups excluding carboxylic acids is 1. The molecular weight excluding hydrogens is 511 g/mol. The van der Waals surface area contributed by atoms with Crippen LogP contribution in [0.5, 0.6) is 5.75 Å². The van der Waals surface area contributed by atoms with Crippen LogP contribution in [0.25, 0.3) is 5.69 Å². The van der Waals surface area contributed by atoms with Crippen LogP contribution >= 0.6 is 23.2 Å². The molecule has 0 bridgehead atoms. The van der Waals surface area contributed by atoms with Crippen molar-refractivity contribution in [1.29, 1.82) is 0 Å². The highest BCUT2D eigenvalue weighted by atomic mass is 35.5. The topological polar surface area (TPSA) is 93.5 Å². The predicted molar refractivity (Wildman–Crippen MR) is 138 cm³/mol. The fourth-order valence-electron chi connectivity index (χ4n) is 3.26. The Morgan fingerprint density at radius 2 is 1.74 bits per heavy atom. The van der Waals surface area contributed by atoms with Gasteiger partial charge in [-0.3, -0.25) is 4.79 Å². The van der Waals surface area contributed by atoms with E-state index in [0.717, 1.165) is 10.00 Å². The van der Waals surface area contributed by atoms with Gasteiger partial charge in [-0.25, -0.2) is 13.1 Å². The minimum Gasteiger partial charge on any atom is -0.497 e. The molecule has 0 atom stereocenters. The number of methoxy groups -OCH3 is 1. The number of rotatable bonds is 8. The number of halogens is 2. The lowest BCUT2D eigenvalue weighted by atomic mass is 9.92. The summed E-state index contributed by atoms with van der Waals surface area (Å²) in [5.74, 6) is 0.414. The minimum atomic E-state index is -3.89. The second kappa shape index (κ2) is 10.6. The lowest BCUT2D eigenvalue weighted by Gasteiger charge is -2.20. The largest absolute Gasteiger partial charge is 0.497 e. The Labute approximate surface area is 215 Å². The predicted octanol–water partition coefficient (Wildman–Crippen LogP) is 5.13. The summed E-state index contributed by atoms with van der Waals surface area (Å²) in [4.78, 5) is 13.1. The molecule has 0 aliphatic carbocycles. The van der Waals surface area contributed by atoms with E-state index >= 15 is 0 Å². The van der Waals surface area contributed by atoms with Gasteiger partial charge in [-0.1, -0.05) is 50.9 Å². The van der Waals surface area contributed by atoms with E-state index < -0.39 is 15.9 Å². The molecule has 0 spiro atoms. The molecule has 0 fully saturated rings. The van der Waals surface area contributed by atoms with E-state index in [4.69, 9.17) is 27.9 Å². The van der Waals surface area contributed by atoms with Crippen molar-refractivity contribution in [2.24, 2.45) is 0 Å². The minimum absolute atomic E-state index is 0.0730. The summed E-state index contributed by atoms with van der Waals surface area (Å²) in [6, 6.07) is 12.8. The molecular formula is C24H28Cl2N4O4S. The quantitative estimate of drug-likeness (QED) is 0.428. The summed E-state index contributed by atoms with van der Waals surface area (Å²) in [5, 5.41) is 8.18. The Hall–Kier alpha value is -2.59. The van der Waals surface area contributed by atoms with Gasteiger partial charge in [0.15, 0.2) is 0 Å². The van der Waals surface area contributed by atoms with Crippen molar-refractivity contribution in [3.8, 4) is 11.4 Å². The molecule has 0 unspecified atom stereocenters. The van der Waals surface area contributed by atoms with Crippen molar-refractivity contribution in [2.45, 2.75) is 38.0 Å². The first-order chi connectivity index (χ1) is 16.4. The molecule has 0 aliphatic heterocycles. The van der Waals surface area contributed by atoms with E-state index in [-0.39, 0.29) is 23.4 Å². The maximum atomic E-state index is 13.1. The number of amides is 1. The Morgan fingerprint density at radius 1 is 1.09 bits per heavy atom. The van der Waals surface area contributed by atoms with Gasteiger partial charge in [-0.05, 0) is 42.5 Å². The van der Waals surface area contributed by atoms with E-state index in [1.165, 1.54) is 19.2 Å². The van der Waals surface area contributed by atoms with E-state index in [1.807, 2.05) is 20.8 Å². The monoisotopic (exact) mass is 538 g/mol. The first-order valence-corrected chi connectivity index (χ1v) is 13.1. The van der Waals surface area contributed by atoms with Gasteiger partial charge in [0.2, 0.25) is 15.9 Å². The fraction of sp³-hybridized carbons (Fsp3) is 0.333. The number of nitrogens with one attached hydrogen (secondary N) is 1. The van der Waals surface area contributed by atoms with Gasteiger partial charge >= 0.3 is 0 Å². The Morgan fingerprint density at radius 3 is 2.29 bits per heavy atom. The zero-order valence-corrected chi connectivity index (χ0v) is 22.5. The molecule has 0 aliphatic rings. The molecule has 35 heavy (non-hydrogen) atoms. The zero-order chi connectivity index (χ0) is 26.0. The number of nitrogens with zero attached hydrogens (tertiary/aromatic N) is 3. The van der Waals surface area contributed by atoms with E-state index in [9.17, 15) is 13.2 Å². The molecule has 1 aromatic heterocycles. The number of benzene rings is 2. The summed E-state index contributed by atoms with van der Waals surface area (Å²) in [5.41, 5.74) is 1.04. The molecule has 3 rings (SSSR count). The third-order valence-electron chi connectivity index (χ3n) is 5.26. The maximum Gasteiger partial charge on any atom is 0.243 e. The third-order valence-corrected chi connectivity index (χ3v) is 7.94. The number of ether oxygens (including phenoxy) is 1. The molecule has 1 N–H and O–H groups in total. The molecule has 2 aromatic carbocycles. The summed E-state index contributed by atoms with van der Waals surface area (Å²) >= 11 is 12.2. The number of hydrogen-bond donors (Lipinski definition) is 1. The van der Waals surface area contributed by atoms with Crippen molar-refractivity contribution < 1.29 is 17.9 Å². The van der Waals surface area contributed by atoms with Crippen molar-refractivity contribution in [3.05, 3.63) is 64.3 Å². The van der Waals surface area contributed by atoms with Gasteiger partial charge in [-0.2, -0.15) is 9.40 Å². The van der Waals surface area contributed by atoms with Crippen LogP contribution in [0.15, 0.2) is 53.4 Å². The first-order valence-electron chi connectivity index (χ1n) is 10.9. The molecule has 8 nitrogen and oxygen atoms in total. The second-order valence-corrected chi connectivity index (χ2v) is 11.6. The number of anilines is 1. The second-order valence-electron chi connectivity index (χ2n) is 8.83. The molecule has 1 amide bonds. The number of aromatic nitrogens is 2. The van der Waals surface area contributed by atoms with E-state index in [0.29, 0.717) is 27.3 Å². The molecule has 0 saturated carbocycles. The van der Waals surface area contributed by atoms with Crippen LogP contribution < -0.4 is 10.1 Å². The van der Waals surface area contributed by atoms with Crippen LogP contribution in [0, 0.1) is 0 Å². The standard InChI is InChI=1S/C24H28Cl2N4O4S/c1-6-29(35(32,33)18-10-8-17(34-5)9-11-18)15-23(31)27-22-14-21(24(2,3)4)28-30(22)16-7-12-19(25)20(26)13-16/h7-14H,6,15H2,1-5H3,(H,27,31). The van der Waals surface area contributed by atoms with Gasteiger partial charge in [0.05, 0.1) is 40.0 Å². The smallest absolute Gasteiger partial charge is 0.243 e. The Kier molecular flexibility index (Phi) is 8.16. The highest BCUT2D eigenvalue weighted by Gasteiger charge is 2.27. The fourth-order valence-corrected chi connectivity index (χ4v) is 4.95. The molecule has 188 valence electrons. The number of carbonyl (C=O) groups is 1. The number of sulfonamides is 1. The van der Waals surface area contributed by atoms with Crippen molar-refractivity contribution >= 4 is 45.0 Å². The van der Waals surface area contributed by atoms with Crippen LogP contribution in [-0.2, 0) is 20.2 Å². The van der Waals surface area contributed by atoms with Crippen LogP contribution in [-0.4, -0.2) is 48.6 Å². The van der Waals surface area contributed by atoms with Gasteiger partial charge < -0.3 is 10.1 Å². The Bertz CT molecular complexity index is 1320. The first kappa shape index (κ1) is 27.0. The van der Waals surface area contributed by atoms with Crippen LogP contribution in [0.3, 0.4) is 0 Å². The molecule has 11 heteroatoms. The van der Waals surface area contributed by atoms with Crippen LogP contribution in [0.1, 0.15) is 33.4 Å². The van der Waals surface area contributed by atoms with Gasteiger partial charge in [0, 0.05) is 18.0 Å². The van der Waals surface area contributed by atoms with Crippen LogP contribution in [0.2, 0.25) is 10.0 Å². The van der Waals surface area contributed by atoms with Crippen LogP contribution in [0.4, 0.5) is 5.82 Å². The van der Waals surface area contributed by atoms with E-state index in [1.54, 1.807) is 48.0 Å². The molecule has 0 saturated heterocycles. The lowest BCUT2D eigenvalue weighted by molar-refractivity contribution is -0.116. The van der Waals surface area contributed by atoms with Gasteiger partial charge in [0.25, 0.3) is 0 Å². The van der Waals surface area contributed by atoms with Gasteiger partial charge in [-0.15, -0.1) is 0 Å². The third kappa shape index (κ3) is 6.16. The van der Waals surface area contributed by atoms with Gasteiger partial charge in [0.1, 0.15) is 11.6 Å². The summed E-state index contributed by atoms with van der Waals surface area (Å²) in [7, 11) is -2.39. The average Bonchev–Trinajstić information content (AvgIpc) is 3.23. The lowest BCUT2D eigenvalue weighted by Crippen LogP contribution is -2.38. The molecule has 1 heterocycles. The summed E-state index contributed by atoms with van der Waals surface area (Å²) in [6.45, 7) is 7.41. The Balaban J connectivity index is 1.89. The van der Waals surface area contributed by atoms with Crippen molar-refractivity contribution in [3.63, 3.8) is 0 Å². The summed E-state index contributed by atoms with van der Waals surface area (Å²) < 4.78 is 34.0. The van der Waals surface area contributed by atoms with E-state index in [2.05, 4.69) is 10.4 Å². The SMILES string of the molecule is CCN(CC(=O)Nc1cc(C(C)(C)C)nn1-c1ccc(Cl)c(Cl)c1)S(=O)(=O)c1ccc(OC)cc1. The number of likely N-dealkylation sites (N-methyl/N-ethyl adjacent to an activating group) is 1. The van der Waals surface area contributed by atoms with Crippen molar-refractivity contribution in [2.75, 3.05) is 25.5 Å². The summed E-state index contributed by atoms with van der Waals surface area (Å²) in [6.07, 6.45) is 0. The zero-order valence-electron chi connectivity index (χ0n) is 20.2. The highest BCUT2D eigenvalue weighted by molar-refractivity contribution is 7.89. The van der Waals surface area contributed by atoms with Crippen molar-refractivity contribution in [1.82, 2.24) is 14.1 Å². The highest BCUT2D eigenvalue weighted by Crippen LogP contribution is 2.29. The average molecular weight is 539 g/mol. The normalized spacial score (nSPS) is 12.1. The number of hydrogen-bond acceptors (Lipinski definition) is 5.